The molecule has 6 heteroatoms. The number of anilines is 1. The van der Waals surface area contributed by atoms with E-state index in [-0.39, 0.29) is 13.1 Å². The highest BCUT2D eigenvalue weighted by molar-refractivity contribution is 5.85. The Hall–Kier alpha value is -2.08. The molecular weight excluding hydrogens is 244 g/mol. The van der Waals surface area contributed by atoms with E-state index in [2.05, 4.69) is 5.32 Å². The van der Waals surface area contributed by atoms with Crippen molar-refractivity contribution in [2.45, 2.75) is 13.5 Å². The molecule has 0 fully saturated rings. The van der Waals surface area contributed by atoms with Crippen LogP contribution in [0.15, 0.2) is 18.2 Å². The number of amides is 2. The van der Waals surface area contributed by atoms with Crippen LogP contribution in [-0.2, 0) is 16.1 Å². The number of hydrogen-bond donors (Lipinski definition) is 3. The van der Waals surface area contributed by atoms with Crippen molar-refractivity contribution in [3.63, 3.8) is 0 Å². The van der Waals surface area contributed by atoms with E-state index in [1.54, 1.807) is 4.90 Å². The van der Waals surface area contributed by atoms with Gasteiger partial charge in [-0.1, -0.05) is 17.7 Å². The molecule has 0 aliphatic heterocycles. The molecule has 0 bridgehead atoms. The number of nitrogens with two attached hydrogens (primary N) is 2. The van der Waals surface area contributed by atoms with Crippen LogP contribution in [0.5, 0.6) is 0 Å². The number of carbonyl (C=O) groups excluding carboxylic acids is 2. The van der Waals surface area contributed by atoms with E-state index in [1.165, 1.54) is 0 Å². The Morgan fingerprint density at radius 1 is 1.21 bits per heavy atom. The lowest BCUT2D eigenvalue weighted by Crippen LogP contribution is -2.40. The fourth-order valence-electron chi connectivity index (χ4n) is 1.96. The van der Waals surface area contributed by atoms with Gasteiger partial charge in [-0.2, -0.15) is 0 Å². The van der Waals surface area contributed by atoms with Crippen molar-refractivity contribution in [1.82, 2.24) is 5.32 Å². The molecule has 0 radical (unpaired) electrons. The Morgan fingerprint density at radius 3 is 2.26 bits per heavy atom. The average molecular weight is 264 g/mol. The molecule has 0 heterocycles. The second kappa shape index (κ2) is 6.75. The van der Waals surface area contributed by atoms with Gasteiger partial charge in [-0.15, -0.1) is 0 Å². The van der Waals surface area contributed by atoms with Gasteiger partial charge in [0.1, 0.15) is 0 Å². The van der Waals surface area contributed by atoms with Gasteiger partial charge in [-0.25, -0.2) is 0 Å². The van der Waals surface area contributed by atoms with Gasteiger partial charge in [-0.3, -0.25) is 9.59 Å². The fraction of sp³-hybridized carbons (Fsp3) is 0.385. The van der Waals surface area contributed by atoms with Crippen LogP contribution in [0.4, 0.5) is 5.69 Å². The van der Waals surface area contributed by atoms with Gasteiger partial charge in [0.25, 0.3) is 0 Å². The molecule has 1 rings (SSSR count). The lowest BCUT2D eigenvalue weighted by Gasteiger charge is -2.25. The molecule has 0 saturated heterocycles. The summed E-state index contributed by atoms with van der Waals surface area (Å²) in [4.78, 5) is 23.8. The quantitative estimate of drug-likeness (QED) is 0.617. The van der Waals surface area contributed by atoms with Gasteiger partial charge in [0.05, 0.1) is 13.1 Å². The van der Waals surface area contributed by atoms with Crippen LogP contribution >= 0.6 is 0 Å². The minimum Gasteiger partial charge on any atom is -0.368 e. The Balaban J connectivity index is 3.12. The summed E-state index contributed by atoms with van der Waals surface area (Å²) in [6.45, 7) is 2.53. The summed E-state index contributed by atoms with van der Waals surface area (Å²) in [5, 5.41) is 3.05. The van der Waals surface area contributed by atoms with Crippen molar-refractivity contribution in [2.24, 2.45) is 11.5 Å². The summed E-state index contributed by atoms with van der Waals surface area (Å²) in [7, 11) is 1.83. The van der Waals surface area contributed by atoms with Gasteiger partial charge in [0.15, 0.2) is 0 Å². The molecule has 0 aliphatic carbocycles. The molecule has 0 aromatic heterocycles. The van der Waals surface area contributed by atoms with Gasteiger partial charge in [0.2, 0.25) is 11.8 Å². The molecule has 0 aliphatic rings. The number of nitrogens with zero attached hydrogens (tertiary/aromatic N) is 1. The molecule has 104 valence electrons. The Kier molecular flexibility index (Phi) is 5.32. The van der Waals surface area contributed by atoms with Crippen molar-refractivity contribution in [2.75, 3.05) is 25.0 Å². The summed E-state index contributed by atoms with van der Waals surface area (Å²) in [6, 6.07) is 5.79. The first-order chi connectivity index (χ1) is 8.93. The Bertz CT molecular complexity index is 458. The highest BCUT2D eigenvalue weighted by Gasteiger charge is 2.15. The molecule has 5 N–H and O–H groups in total. The molecule has 0 saturated carbocycles. The lowest BCUT2D eigenvalue weighted by atomic mass is 10.1. The summed E-state index contributed by atoms with van der Waals surface area (Å²) in [5.41, 5.74) is 13.3. The number of carbonyl (C=O) groups is 2. The van der Waals surface area contributed by atoms with E-state index in [9.17, 15) is 9.59 Å². The maximum atomic E-state index is 11.1. The molecule has 2 amide bonds. The lowest BCUT2D eigenvalue weighted by molar-refractivity contribution is -0.117. The highest BCUT2D eigenvalue weighted by Crippen LogP contribution is 2.21. The third-order valence-electron chi connectivity index (χ3n) is 2.64. The molecule has 1 aromatic rings. The summed E-state index contributed by atoms with van der Waals surface area (Å²) in [5.74, 6) is -1.01. The van der Waals surface area contributed by atoms with E-state index in [1.807, 2.05) is 32.2 Å². The predicted octanol–water partition coefficient (Wildman–Crippen LogP) is -0.509. The number of benzene rings is 1. The first-order valence-electron chi connectivity index (χ1n) is 5.99. The molecule has 0 unspecified atom stereocenters. The predicted molar refractivity (Wildman–Crippen MR) is 74.5 cm³/mol. The topological polar surface area (TPSA) is 101 Å². The first kappa shape index (κ1) is 15.0. The van der Waals surface area contributed by atoms with Crippen molar-refractivity contribution in [1.29, 1.82) is 0 Å². The third kappa shape index (κ3) is 4.59. The average Bonchev–Trinajstić information content (AvgIpc) is 2.27. The number of rotatable bonds is 7. The Labute approximate surface area is 112 Å². The SMILES string of the molecule is CNCc1cc(C)ccc1N(CC(N)=O)CC(N)=O. The number of aryl methyl sites for hydroxylation is 1. The van der Waals surface area contributed by atoms with Gasteiger partial charge < -0.3 is 21.7 Å². The minimum absolute atomic E-state index is 0.0390. The van der Waals surface area contributed by atoms with Crippen molar-refractivity contribution in [3.05, 3.63) is 29.3 Å². The molecule has 0 atom stereocenters. The molecule has 1 aromatic carbocycles. The summed E-state index contributed by atoms with van der Waals surface area (Å²) in [6.07, 6.45) is 0. The number of primary amides is 2. The fourth-order valence-corrected chi connectivity index (χ4v) is 1.96. The summed E-state index contributed by atoms with van der Waals surface area (Å²) >= 11 is 0. The van der Waals surface area contributed by atoms with Gasteiger partial charge >= 0.3 is 0 Å². The van der Waals surface area contributed by atoms with Crippen LogP contribution in [0.2, 0.25) is 0 Å². The van der Waals surface area contributed by atoms with E-state index in [4.69, 9.17) is 11.5 Å². The smallest absolute Gasteiger partial charge is 0.236 e. The van der Waals surface area contributed by atoms with Crippen molar-refractivity contribution >= 4 is 17.5 Å². The molecule has 19 heavy (non-hydrogen) atoms. The van der Waals surface area contributed by atoms with E-state index >= 15 is 0 Å². The van der Waals surface area contributed by atoms with Gasteiger partial charge in [-0.05, 0) is 25.6 Å². The first-order valence-corrected chi connectivity index (χ1v) is 5.99. The second-order valence-corrected chi connectivity index (χ2v) is 4.45. The molecule has 0 spiro atoms. The second-order valence-electron chi connectivity index (χ2n) is 4.45. The van der Waals surface area contributed by atoms with Crippen LogP contribution < -0.4 is 21.7 Å². The largest absolute Gasteiger partial charge is 0.368 e. The number of nitrogens with one attached hydrogen (secondary N) is 1. The van der Waals surface area contributed by atoms with Crippen LogP contribution in [-0.4, -0.2) is 32.0 Å². The standard InChI is InChI=1S/C13H20N4O2/c1-9-3-4-11(10(5-9)6-16-2)17(7-12(14)18)8-13(15)19/h3-5,16H,6-8H2,1-2H3,(H2,14,18)(H2,15,19). The normalized spacial score (nSPS) is 10.2. The highest BCUT2D eigenvalue weighted by atomic mass is 16.2. The van der Waals surface area contributed by atoms with Crippen LogP contribution in [0.25, 0.3) is 0 Å². The van der Waals surface area contributed by atoms with Gasteiger partial charge in [0, 0.05) is 12.2 Å². The van der Waals surface area contributed by atoms with Crippen molar-refractivity contribution in [3.8, 4) is 0 Å². The van der Waals surface area contributed by atoms with Crippen LogP contribution in [0.3, 0.4) is 0 Å². The third-order valence-corrected chi connectivity index (χ3v) is 2.64. The Morgan fingerprint density at radius 2 is 1.79 bits per heavy atom. The summed E-state index contributed by atoms with van der Waals surface area (Å²) < 4.78 is 0. The van der Waals surface area contributed by atoms with Crippen molar-refractivity contribution < 1.29 is 9.59 Å². The van der Waals surface area contributed by atoms with E-state index in [0.717, 1.165) is 16.8 Å². The maximum Gasteiger partial charge on any atom is 0.236 e. The zero-order chi connectivity index (χ0) is 14.4. The van der Waals surface area contributed by atoms with Crippen LogP contribution in [0, 0.1) is 6.92 Å². The zero-order valence-electron chi connectivity index (χ0n) is 11.3. The molecule has 6 nitrogen and oxygen atoms in total. The minimum atomic E-state index is -0.503. The number of hydrogen-bond acceptors (Lipinski definition) is 4. The van der Waals surface area contributed by atoms with E-state index in [0.29, 0.717) is 6.54 Å². The monoisotopic (exact) mass is 264 g/mol. The molecular formula is C13H20N4O2. The van der Waals surface area contributed by atoms with E-state index < -0.39 is 11.8 Å². The maximum absolute atomic E-state index is 11.1. The van der Waals surface area contributed by atoms with Crippen LogP contribution in [0.1, 0.15) is 11.1 Å². The zero-order valence-corrected chi connectivity index (χ0v) is 11.3.